The van der Waals surface area contributed by atoms with Gasteiger partial charge in [0, 0.05) is 80.8 Å². The summed E-state index contributed by atoms with van der Waals surface area (Å²) < 4.78 is 15.0. The number of nitrogens with zero attached hydrogens (tertiary/aromatic N) is 5. The molecule has 1 saturated carbocycles. The van der Waals surface area contributed by atoms with Crippen LogP contribution in [0.3, 0.4) is 0 Å². The smallest absolute Gasteiger partial charge is 0.324 e. The topological polar surface area (TPSA) is 155 Å². The van der Waals surface area contributed by atoms with E-state index in [0.29, 0.717) is 25.9 Å². The highest BCUT2D eigenvalue weighted by Gasteiger charge is 2.48. The molecule has 7 atom stereocenters. The minimum atomic E-state index is -1.04. The Morgan fingerprint density at radius 1 is 1.03 bits per heavy atom. The van der Waals surface area contributed by atoms with Crippen molar-refractivity contribution in [2.75, 3.05) is 40.4 Å². The number of methoxy groups -OCH3 is 1. The number of hydrogen-bond donors (Lipinski definition) is 2. The number of ether oxygens (including phenoxy) is 2. The molecular formula is C54H65N7O7. The van der Waals surface area contributed by atoms with Crippen molar-refractivity contribution in [3.63, 3.8) is 0 Å². The van der Waals surface area contributed by atoms with Crippen LogP contribution < -0.4 is 10.7 Å². The molecule has 4 aromatic rings. The van der Waals surface area contributed by atoms with Gasteiger partial charge >= 0.3 is 5.97 Å². The zero-order chi connectivity index (χ0) is 48.0. The number of esters is 1. The summed E-state index contributed by atoms with van der Waals surface area (Å²) in [6, 6.07) is 16.1. The Balaban J connectivity index is 1.10. The van der Waals surface area contributed by atoms with Crippen LogP contribution in [0.2, 0.25) is 0 Å². The summed E-state index contributed by atoms with van der Waals surface area (Å²) in [5.74, 6) is 2.53. The van der Waals surface area contributed by atoms with Gasteiger partial charge in [0.25, 0.3) is 11.8 Å². The molecule has 2 saturated heterocycles. The Bertz CT molecular complexity index is 2690. The number of hydrogen-bond acceptors (Lipinski definition) is 9. The van der Waals surface area contributed by atoms with Crippen molar-refractivity contribution in [2.24, 2.45) is 23.2 Å². The van der Waals surface area contributed by atoms with E-state index in [9.17, 15) is 24.0 Å². The van der Waals surface area contributed by atoms with E-state index in [1.165, 1.54) is 5.01 Å². The molecule has 1 unspecified atom stereocenters. The number of rotatable bonds is 7. The predicted molar refractivity (Wildman–Crippen MR) is 258 cm³/mol. The number of cyclic esters (lactones) is 1. The highest BCUT2D eigenvalue weighted by atomic mass is 16.5. The maximum absolute atomic E-state index is 15.0. The molecule has 2 aliphatic carbocycles. The fourth-order valence-corrected chi connectivity index (χ4v) is 12.0. The van der Waals surface area contributed by atoms with E-state index in [-0.39, 0.29) is 55.0 Å². The third-order valence-corrected chi connectivity index (χ3v) is 15.5. The van der Waals surface area contributed by atoms with Gasteiger partial charge in [-0.15, -0.1) is 0 Å². The minimum Gasteiger partial charge on any atom is -0.464 e. The largest absolute Gasteiger partial charge is 0.464 e. The first-order chi connectivity index (χ1) is 32.7. The third kappa shape index (κ3) is 8.57. The molecule has 68 heavy (non-hydrogen) atoms. The molecule has 6 bridgehead atoms. The Morgan fingerprint density at radius 2 is 1.81 bits per heavy atom. The maximum Gasteiger partial charge on any atom is 0.324 e. The van der Waals surface area contributed by atoms with Crippen LogP contribution in [0.4, 0.5) is 0 Å². The molecule has 358 valence electrons. The highest BCUT2D eigenvalue weighted by molar-refractivity contribution is 5.98. The maximum atomic E-state index is 15.0. The second-order valence-electron chi connectivity index (χ2n) is 20.3. The van der Waals surface area contributed by atoms with E-state index >= 15 is 0 Å². The van der Waals surface area contributed by atoms with Crippen molar-refractivity contribution in [3.05, 3.63) is 77.6 Å². The number of pyridine rings is 1. The lowest BCUT2D eigenvalue weighted by atomic mass is 9.67. The van der Waals surface area contributed by atoms with E-state index in [0.717, 1.165) is 82.3 Å². The Kier molecular flexibility index (Phi) is 13.3. The standard InChI is InChI=1S/C54H65N7O7/c1-8-15-43(62)59-29-32(3)39(30-59)51(64)58(6)47(34-17-10-11-18-34)50(63)56-41-27-33-16-12-19-35(26-33)36-22-23-42-38(28-36)44-45(49(67-7)46-37(20-13-24-55-46)48(44)60(42)9-2)54(4,5)31-68-53(66)40-21-14-25-61(57-40)52(41)65/h12-13,16,19-20,22-24,26,28,32,34,39-41,45,47,49,57H,9-11,14,17-18,21,25,27,29-31H2,1-7H3,(H,56,63)/t32-,39+,40-,41-,45?,47-,49-/m0/s1. The van der Waals surface area contributed by atoms with E-state index < -0.39 is 47.4 Å². The molecule has 5 aliphatic rings. The first kappa shape index (κ1) is 47.0. The number of fused-ring (bicyclic) bond motifs is 8. The lowest BCUT2D eigenvalue weighted by Crippen LogP contribution is -2.62. The lowest BCUT2D eigenvalue weighted by molar-refractivity contribution is -0.156. The molecular weight excluding hydrogens is 859 g/mol. The van der Waals surface area contributed by atoms with Crippen LogP contribution in [0.5, 0.6) is 0 Å². The molecule has 0 radical (unpaired) electrons. The van der Waals surface area contributed by atoms with Crippen LogP contribution in [-0.2, 0) is 46.4 Å². The average molecular weight is 924 g/mol. The van der Waals surface area contributed by atoms with Gasteiger partial charge in [0.1, 0.15) is 24.2 Å². The summed E-state index contributed by atoms with van der Waals surface area (Å²) in [5, 5.41) is 5.71. The van der Waals surface area contributed by atoms with Gasteiger partial charge in [-0.3, -0.25) is 34.0 Å². The van der Waals surface area contributed by atoms with Crippen LogP contribution in [-0.4, -0.2) is 112 Å². The number of likely N-dealkylation sites (N-methyl/N-ethyl adjacent to an activating group) is 1. The Morgan fingerprint density at radius 3 is 2.56 bits per heavy atom. The number of amides is 4. The van der Waals surface area contributed by atoms with E-state index in [2.05, 4.69) is 84.3 Å². The summed E-state index contributed by atoms with van der Waals surface area (Å²) >= 11 is 0. The van der Waals surface area contributed by atoms with Crippen LogP contribution >= 0.6 is 0 Å². The second kappa shape index (κ2) is 19.2. The molecule has 2 aromatic carbocycles. The number of likely N-dealkylation sites (tertiary alicyclic amines) is 1. The number of hydrazine groups is 1. The van der Waals surface area contributed by atoms with E-state index in [1.807, 2.05) is 25.1 Å². The van der Waals surface area contributed by atoms with Crippen LogP contribution in [0.15, 0.2) is 60.8 Å². The van der Waals surface area contributed by atoms with E-state index in [1.54, 1.807) is 37.1 Å². The molecule has 3 fully saturated rings. The van der Waals surface area contributed by atoms with Crippen LogP contribution in [0, 0.1) is 35.0 Å². The van der Waals surface area contributed by atoms with Crippen molar-refractivity contribution in [1.82, 2.24) is 35.1 Å². The van der Waals surface area contributed by atoms with Gasteiger partial charge in [0.15, 0.2) is 0 Å². The van der Waals surface area contributed by atoms with Gasteiger partial charge in [-0.2, -0.15) is 0 Å². The van der Waals surface area contributed by atoms with Gasteiger partial charge in [-0.05, 0) is 104 Å². The fourth-order valence-electron chi connectivity index (χ4n) is 12.0. The van der Waals surface area contributed by atoms with Crippen molar-refractivity contribution in [1.29, 1.82) is 0 Å². The Labute approximate surface area is 399 Å². The number of aryl methyl sites for hydroxylation is 1. The molecule has 5 heterocycles. The molecule has 0 spiro atoms. The van der Waals surface area contributed by atoms with Crippen molar-refractivity contribution in [2.45, 2.75) is 116 Å². The van der Waals surface area contributed by atoms with Gasteiger partial charge in [0.2, 0.25) is 11.8 Å². The van der Waals surface area contributed by atoms with Gasteiger partial charge in [-0.1, -0.05) is 69.9 Å². The lowest BCUT2D eigenvalue weighted by Gasteiger charge is -2.42. The summed E-state index contributed by atoms with van der Waals surface area (Å²) in [6.07, 6.45) is 5.96. The average Bonchev–Trinajstić information content (AvgIpc) is 4.10. The van der Waals surface area contributed by atoms with Gasteiger partial charge < -0.3 is 29.2 Å². The van der Waals surface area contributed by atoms with Crippen molar-refractivity contribution < 1.29 is 33.4 Å². The molecule has 2 aromatic heterocycles. The molecule has 9 rings (SSSR count). The zero-order valence-corrected chi connectivity index (χ0v) is 40.5. The summed E-state index contributed by atoms with van der Waals surface area (Å²) in [4.78, 5) is 79.3. The van der Waals surface area contributed by atoms with Gasteiger partial charge in [-0.25, -0.2) is 5.43 Å². The summed E-state index contributed by atoms with van der Waals surface area (Å²) in [7, 11) is 3.40. The zero-order valence-electron chi connectivity index (χ0n) is 40.5. The fraction of sp³-hybridized carbons (Fsp3) is 0.519. The SMILES string of the molecule is CC#CC(=O)N1C[C@H](C)[C@H](C(=O)N(C)[C@H](C(=O)N[C@H]2Cc3cccc(c3)-c3ccc4c(c3)c3c(n4CC)-c4cccnc4[C@@H](OC)C3C(C)(C)COC(=O)[C@@H]3CCCN(N3)C2=O)C2CCCC2)C1. The first-order valence-electron chi connectivity index (χ1n) is 24.5. The number of aromatic nitrogens is 2. The van der Waals surface area contributed by atoms with E-state index in [4.69, 9.17) is 14.5 Å². The second-order valence-corrected chi connectivity index (χ2v) is 20.3. The number of nitrogens with one attached hydrogen (secondary N) is 2. The van der Waals surface area contributed by atoms with Crippen LogP contribution in [0.1, 0.15) is 102 Å². The van der Waals surface area contributed by atoms with Crippen molar-refractivity contribution in [3.8, 4) is 34.2 Å². The molecule has 4 amide bonds. The molecule has 14 nitrogen and oxygen atoms in total. The monoisotopic (exact) mass is 923 g/mol. The first-order valence-corrected chi connectivity index (χ1v) is 24.5. The quantitative estimate of drug-likeness (QED) is 0.158. The molecule has 3 aliphatic heterocycles. The molecule has 14 heteroatoms. The third-order valence-electron chi connectivity index (χ3n) is 15.5. The summed E-state index contributed by atoms with van der Waals surface area (Å²) in [6.45, 7) is 11.7. The number of carbonyl (C=O) groups excluding carboxylic acids is 5. The van der Waals surface area contributed by atoms with Gasteiger partial charge in [0.05, 0.1) is 23.9 Å². The predicted octanol–water partition coefficient (Wildman–Crippen LogP) is 6.42. The normalized spacial score (nSPS) is 25.2. The number of carbonyl (C=O) groups is 5. The van der Waals surface area contributed by atoms with Crippen molar-refractivity contribution >= 4 is 40.5 Å². The number of benzene rings is 2. The summed E-state index contributed by atoms with van der Waals surface area (Å²) in [5.41, 5.74) is 10.5. The molecule has 2 N–H and O–H groups in total. The van der Waals surface area contributed by atoms with Crippen LogP contribution in [0.25, 0.3) is 33.3 Å². The Hall–Kier alpha value is -6.04. The minimum absolute atomic E-state index is 0.0823. The highest BCUT2D eigenvalue weighted by Crippen LogP contribution is 2.57.